The number of carbonyl (C=O) groups excluding carboxylic acids is 1. The van der Waals surface area contributed by atoms with Gasteiger partial charge in [-0.2, -0.15) is 5.10 Å². The van der Waals surface area contributed by atoms with Crippen LogP contribution in [-0.2, 0) is 16.5 Å². The molecule has 0 saturated carbocycles. The van der Waals surface area contributed by atoms with Gasteiger partial charge in [-0.15, -0.1) is 0 Å². The second kappa shape index (κ2) is 6.84. The maximum Gasteiger partial charge on any atom is 0.322 e. The zero-order chi connectivity index (χ0) is 16.2. The molecule has 1 saturated heterocycles. The van der Waals surface area contributed by atoms with Crippen LogP contribution in [0.4, 0.5) is 10.5 Å². The zero-order valence-corrected chi connectivity index (χ0v) is 13.2. The van der Waals surface area contributed by atoms with Gasteiger partial charge in [-0.3, -0.25) is 4.68 Å². The van der Waals surface area contributed by atoms with Crippen LogP contribution < -0.4 is 5.32 Å². The summed E-state index contributed by atoms with van der Waals surface area (Å²) in [5.41, 5.74) is 1.21. The third-order valence-corrected chi connectivity index (χ3v) is 3.67. The number of methoxy groups -OCH3 is 1. The molecule has 2 aromatic heterocycles. The van der Waals surface area contributed by atoms with Crippen LogP contribution in [0, 0.1) is 0 Å². The molecule has 1 aliphatic heterocycles. The minimum Gasteiger partial charge on any atom is -0.463 e. The number of morpholine rings is 1. The van der Waals surface area contributed by atoms with Crippen molar-refractivity contribution in [3.63, 3.8) is 0 Å². The van der Waals surface area contributed by atoms with Crippen molar-refractivity contribution in [2.45, 2.75) is 6.04 Å². The summed E-state index contributed by atoms with van der Waals surface area (Å²) in [4.78, 5) is 14.3. The van der Waals surface area contributed by atoms with Gasteiger partial charge < -0.3 is 24.1 Å². The van der Waals surface area contributed by atoms with Crippen LogP contribution in [-0.4, -0.2) is 60.2 Å². The number of rotatable bonds is 4. The molecule has 0 aliphatic carbocycles. The quantitative estimate of drug-likeness (QED) is 0.924. The van der Waals surface area contributed by atoms with Crippen LogP contribution in [0.25, 0.3) is 11.5 Å². The van der Waals surface area contributed by atoms with Gasteiger partial charge in [0.05, 0.1) is 37.8 Å². The maximum absolute atomic E-state index is 12.6. The van der Waals surface area contributed by atoms with E-state index in [1.165, 1.54) is 0 Å². The van der Waals surface area contributed by atoms with E-state index in [0.29, 0.717) is 43.5 Å². The second-order valence-corrected chi connectivity index (χ2v) is 5.35. The smallest absolute Gasteiger partial charge is 0.322 e. The fourth-order valence-corrected chi connectivity index (χ4v) is 2.61. The number of furan rings is 1. The highest BCUT2D eigenvalue weighted by molar-refractivity contribution is 5.93. The molecule has 1 unspecified atom stereocenters. The standard InChI is InChI=1S/C15H20N4O4/c1-18-8-12(14(17-18)13-4-3-6-23-13)16-15(20)19-5-7-22-10-11(19)9-21-2/h3-4,6,8,11H,5,7,9-10H2,1-2H3,(H,16,20). The van der Waals surface area contributed by atoms with Gasteiger partial charge in [-0.1, -0.05) is 0 Å². The molecular weight excluding hydrogens is 300 g/mol. The maximum atomic E-state index is 12.6. The molecule has 3 rings (SSSR count). The number of hydrogen-bond acceptors (Lipinski definition) is 5. The van der Waals surface area contributed by atoms with Gasteiger partial charge in [0.1, 0.15) is 0 Å². The van der Waals surface area contributed by atoms with E-state index in [-0.39, 0.29) is 12.1 Å². The summed E-state index contributed by atoms with van der Waals surface area (Å²) in [6, 6.07) is 3.29. The van der Waals surface area contributed by atoms with Crippen molar-refractivity contribution < 1.29 is 18.7 Å². The lowest BCUT2D eigenvalue weighted by atomic mass is 10.2. The molecule has 1 fully saturated rings. The highest BCUT2D eigenvalue weighted by Crippen LogP contribution is 2.27. The van der Waals surface area contributed by atoms with Crippen molar-refractivity contribution in [1.82, 2.24) is 14.7 Å². The number of hydrogen-bond donors (Lipinski definition) is 1. The average Bonchev–Trinajstić information content (AvgIpc) is 3.17. The van der Waals surface area contributed by atoms with Gasteiger partial charge >= 0.3 is 6.03 Å². The molecule has 0 radical (unpaired) electrons. The SMILES string of the molecule is COCC1COCCN1C(=O)Nc1cn(C)nc1-c1ccco1. The van der Waals surface area contributed by atoms with E-state index in [4.69, 9.17) is 13.9 Å². The molecular formula is C15H20N4O4. The number of anilines is 1. The van der Waals surface area contributed by atoms with Crippen molar-refractivity contribution in [2.75, 3.05) is 38.8 Å². The fourth-order valence-electron chi connectivity index (χ4n) is 2.61. The van der Waals surface area contributed by atoms with Crippen LogP contribution in [0.3, 0.4) is 0 Å². The number of aromatic nitrogens is 2. The molecule has 1 atom stereocenters. The normalized spacial score (nSPS) is 18.2. The lowest BCUT2D eigenvalue weighted by Crippen LogP contribution is -2.52. The molecule has 124 valence electrons. The first kappa shape index (κ1) is 15.6. The van der Waals surface area contributed by atoms with E-state index >= 15 is 0 Å². The van der Waals surface area contributed by atoms with Crippen molar-refractivity contribution in [2.24, 2.45) is 7.05 Å². The summed E-state index contributed by atoms with van der Waals surface area (Å²) < 4.78 is 17.6. The average molecular weight is 320 g/mol. The highest BCUT2D eigenvalue weighted by Gasteiger charge is 2.28. The number of carbonyl (C=O) groups is 1. The summed E-state index contributed by atoms with van der Waals surface area (Å²) in [5.74, 6) is 0.608. The van der Waals surface area contributed by atoms with E-state index in [1.54, 1.807) is 48.3 Å². The third-order valence-electron chi connectivity index (χ3n) is 3.67. The molecule has 8 nitrogen and oxygen atoms in total. The van der Waals surface area contributed by atoms with Crippen LogP contribution >= 0.6 is 0 Å². The van der Waals surface area contributed by atoms with Crippen LogP contribution in [0.5, 0.6) is 0 Å². The van der Waals surface area contributed by atoms with Crippen molar-refractivity contribution in [3.8, 4) is 11.5 Å². The molecule has 1 N–H and O–H groups in total. The van der Waals surface area contributed by atoms with Gasteiger partial charge in [-0.25, -0.2) is 4.79 Å². The summed E-state index contributed by atoms with van der Waals surface area (Å²) >= 11 is 0. The molecule has 23 heavy (non-hydrogen) atoms. The summed E-state index contributed by atoms with van der Waals surface area (Å²) in [6.07, 6.45) is 3.33. The number of urea groups is 1. The Morgan fingerprint density at radius 2 is 2.43 bits per heavy atom. The van der Waals surface area contributed by atoms with E-state index in [1.807, 2.05) is 0 Å². The van der Waals surface area contributed by atoms with Gasteiger partial charge in [0.25, 0.3) is 0 Å². The van der Waals surface area contributed by atoms with Crippen LogP contribution in [0.2, 0.25) is 0 Å². The molecule has 0 bridgehead atoms. The van der Waals surface area contributed by atoms with E-state index in [0.717, 1.165) is 0 Å². The Morgan fingerprint density at radius 1 is 1.57 bits per heavy atom. The lowest BCUT2D eigenvalue weighted by Gasteiger charge is -2.35. The summed E-state index contributed by atoms with van der Waals surface area (Å²) in [6.45, 7) is 1.95. The van der Waals surface area contributed by atoms with Crippen molar-refractivity contribution in [3.05, 3.63) is 24.6 Å². The minimum absolute atomic E-state index is 0.0996. The first-order valence-electron chi connectivity index (χ1n) is 7.41. The largest absolute Gasteiger partial charge is 0.463 e. The predicted octanol–water partition coefficient (Wildman–Crippen LogP) is 1.56. The van der Waals surface area contributed by atoms with Gasteiger partial charge in [0, 0.05) is 26.9 Å². The highest BCUT2D eigenvalue weighted by atomic mass is 16.5. The first-order valence-corrected chi connectivity index (χ1v) is 7.41. The Morgan fingerprint density at radius 3 is 3.17 bits per heavy atom. The van der Waals surface area contributed by atoms with Crippen LogP contribution in [0.15, 0.2) is 29.0 Å². The Labute approximate surface area is 134 Å². The molecule has 0 spiro atoms. The fraction of sp³-hybridized carbons (Fsp3) is 0.467. The van der Waals surface area contributed by atoms with Crippen molar-refractivity contribution in [1.29, 1.82) is 0 Å². The summed E-state index contributed by atoms with van der Waals surface area (Å²) in [5, 5.41) is 7.26. The second-order valence-electron chi connectivity index (χ2n) is 5.35. The third kappa shape index (κ3) is 3.38. The summed E-state index contributed by atoms with van der Waals surface area (Å²) in [7, 11) is 3.41. The molecule has 3 heterocycles. The monoisotopic (exact) mass is 320 g/mol. The van der Waals surface area contributed by atoms with E-state index < -0.39 is 0 Å². The van der Waals surface area contributed by atoms with Gasteiger partial charge in [-0.05, 0) is 12.1 Å². The molecule has 1 aliphatic rings. The van der Waals surface area contributed by atoms with E-state index in [9.17, 15) is 4.79 Å². The Hall–Kier alpha value is -2.32. The Kier molecular flexibility index (Phi) is 4.63. The lowest BCUT2D eigenvalue weighted by molar-refractivity contribution is -0.0133. The first-order chi connectivity index (χ1) is 11.2. The molecule has 8 heteroatoms. The topological polar surface area (TPSA) is 81.8 Å². The zero-order valence-electron chi connectivity index (χ0n) is 13.2. The Balaban J connectivity index is 1.77. The van der Waals surface area contributed by atoms with E-state index in [2.05, 4.69) is 10.4 Å². The Bertz CT molecular complexity index is 650. The van der Waals surface area contributed by atoms with Gasteiger partial charge in [0.2, 0.25) is 0 Å². The number of nitrogens with one attached hydrogen (secondary N) is 1. The number of amides is 2. The van der Waals surface area contributed by atoms with Gasteiger partial charge in [0.15, 0.2) is 11.5 Å². The van der Waals surface area contributed by atoms with Crippen molar-refractivity contribution >= 4 is 11.7 Å². The minimum atomic E-state index is -0.198. The molecule has 0 aromatic carbocycles. The number of nitrogens with zero attached hydrogens (tertiary/aromatic N) is 3. The number of aryl methyl sites for hydroxylation is 1. The number of ether oxygens (including phenoxy) is 2. The predicted molar refractivity (Wildman–Crippen MR) is 83.1 cm³/mol. The molecule has 2 aromatic rings. The van der Waals surface area contributed by atoms with Crippen LogP contribution in [0.1, 0.15) is 0 Å². The molecule has 2 amide bonds.